The first-order valence-electron chi connectivity index (χ1n) is 8.55. The summed E-state index contributed by atoms with van der Waals surface area (Å²) >= 11 is 0. The zero-order valence-electron chi connectivity index (χ0n) is 15.5. The minimum Gasteiger partial charge on any atom is -0.466 e. The van der Waals surface area contributed by atoms with Crippen LogP contribution in [0, 0.1) is 11.8 Å². The summed E-state index contributed by atoms with van der Waals surface area (Å²) in [5.74, 6) is 1.30. The second-order valence-electron chi connectivity index (χ2n) is 6.21. The summed E-state index contributed by atoms with van der Waals surface area (Å²) in [5, 5.41) is 0. The maximum absolute atomic E-state index is 10.6. The van der Waals surface area contributed by atoms with E-state index in [1.165, 1.54) is 46.5 Å². The molecule has 136 valence electrons. The van der Waals surface area contributed by atoms with Gasteiger partial charge in [-0.3, -0.25) is 4.79 Å². The number of benzene rings is 1. The normalized spacial score (nSPS) is 19.0. The van der Waals surface area contributed by atoms with Crippen LogP contribution >= 0.6 is 0 Å². The minimum atomic E-state index is -0.163. The topological polar surface area (TPSA) is 52.6 Å². The standard InChI is InChI=1S/C11H20O3.C6H6.C3H6O/c1-9(12)14-8-11-5-3-10(4-6-11)7-13-2;1-2-4-6-5-3-1;1-3(2)4/h10-11H,3-8H2,1-2H3;1-6H;1-2H3. The summed E-state index contributed by atoms with van der Waals surface area (Å²) < 4.78 is 10.1. The molecule has 0 bridgehead atoms. The van der Waals surface area contributed by atoms with Gasteiger partial charge in [-0.1, -0.05) is 36.4 Å². The Hall–Kier alpha value is -1.68. The van der Waals surface area contributed by atoms with Gasteiger partial charge in [-0.05, 0) is 51.4 Å². The molecule has 2 rings (SSSR count). The Balaban J connectivity index is 0.000000433. The highest BCUT2D eigenvalue weighted by Gasteiger charge is 2.21. The molecule has 1 fully saturated rings. The third kappa shape index (κ3) is 15.2. The number of carbonyl (C=O) groups excluding carboxylic acids is 2. The number of methoxy groups -OCH3 is 1. The van der Waals surface area contributed by atoms with Gasteiger partial charge in [0.2, 0.25) is 0 Å². The summed E-state index contributed by atoms with van der Waals surface area (Å²) in [4.78, 5) is 20.1. The molecule has 1 aromatic carbocycles. The molecular weight excluding hydrogens is 304 g/mol. The first kappa shape index (κ1) is 22.3. The van der Waals surface area contributed by atoms with E-state index in [4.69, 9.17) is 9.47 Å². The van der Waals surface area contributed by atoms with Crippen molar-refractivity contribution in [2.45, 2.75) is 46.5 Å². The van der Waals surface area contributed by atoms with Gasteiger partial charge in [0.15, 0.2) is 0 Å². The van der Waals surface area contributed by atoms with E-state index in [9.17, 15) is 9.59 Å². The molecule has 4 nitrogen and oxygen atoms in total. The smallest absolute Gasteiger partial charge is 0.302 e. The first-order chi connectivity index (χ1) is 11.5. The lowest BCUT2D eigenvalue weighted by molar-refractivity contribution is -0.142. The Kier molecular flexibility index (Phi) is 13.8. The predicted octanol–water partition coefficient (Wildman–Crippen LogP) is 4.28. The lowest BCUT2D eigenvalue weighted by Crippen LogP contribution is -2.22. The van der Waals surface area contributed by atoms with E-state index in [-0.39, 0.29) is 11.8 Å². The van der Waals surface area contributed by atoms with Crippen molar-refractivity contribution in [3.05, 3.63) is 36.4 Å². The second kappa shape index (κ2) is 14.9. The highest BCUT2D eigenvalue weighted by atomic mass is 16.5. The number of esters is 1. The third-order valence-corrected chi connectivity index (χ3v) is 3.56. The SMILES string of the molecule is CC(C)=O.COCC1CCC(COC(C)=O)CC1.c1ccccc1. The fraction of sp³-hybridized carbons (Fsp3) is 0.600. The molecule has 0 aromatic heterocycles. The minimum absolute atomic E-state index is 0.163. The Bertz CT molecular complexity index is 392. The van der Waals surface area contributed by atoms with E-state index in [2.05, 4.69) is 0 Å². The van der Waals surface area contributed by atoms with Crippen LogP contribution in [-0.4, -0.2) is 32.1 Å². The number of hydrogen-bond acceptors (Lipinski definition) is 4. The highest BCUT2D eigenvalue weighted by Crippen LogP contribution is 2.28. The number of Topliss-reactive ketones (excluding diaryl/α,β-unsaturated/α-hetero) is 1. The molecule has 24 heavy (non-hydrogen) atoms. The number of carbonyl (C=O) groups is 2. The van der Waals surface area contributed by atoms with Crippen LogP contribution < -0.4 is 0 Å². The molecule has 1 aliphatic rings. The molecule has 0 heterocycles. The molecule has 0 amide bonds. The largest absolute Gasteiger partial charge is 0.466 e. The van der Waals surface area contributed by atoms with Crippen molar-refractivity contribution in [1.29, 1.82) is 0 Å². The highest BCUT2D eigenvalue weighted by molar-refractivity contribution is 5.72. The van der Waals surface area contributed by atoms with Crippen molar-refractivity contribution in [3.8, 4) is 0 Å². The van der Waals surface area contributed by atoms with Crippen LogP contribution in [0.5, 0.6) is 0 Å². The van der Waals surface area contributed by atoms with Gasteiger partial charge in [-0.15, -0.1) is 0 Å². The fourth-order valence-electron chi connectivity index (χ4n) is 2.42. The van der Waals surface area contributed by atoms with E-state index in [1.807, 2.05) is 36.4 Å². The zero-order valence-corrected chi connectivity index (χ0v) is 15.5. The molecule has 1 saturated carbocycles. The van der Waals surface area contributed by atoms with Crippen LogP contribution in [0.4, 0.5) is 0 Å². The summed E-state index contributed by atoms with van der Waals surface area (Å²) in [6.07, 6.45) is 4.75. The van der Waals surface area contributed by atoms with Crippen molar-refractivity contribution in [2.75, 3.05) is 20.3 Å². The van der Waals surface area contributed by atoms with Gasteiger partial charge in [0, 0.05) is 20.6 Å². The zero-order chi connectivity index (χ0) is 18.2. The number of ketones is 1. The van der Waals surface area contributed by atoms with Gasteiger partial charge in [-0.2, -0.15) is 0 Å². The van der Waals surface area contributed by atoms with Crippen molar-refractivity contribution in [2.24, 2.45) is 11.8 Å². The molecule has 1 aromatic rings. The van der Waals surface area contributed by atoms with Gasteiger partial charge in [0.25, 0.3) is 0 Å². The Labute approximate surface area is 146 Å². The molecule has 0 N–H and O–H groups in total. The number of ether oxygens (including phenoxy) is 2. The van der Waals surface area contributed by atoms with Gasteiger partial charge >= 0.3 is 5.97 Å². The van der Waals surface area contributed by atoms with Crippen molar-refractivity contribution in [3.63, 3.8) is 0 Å². The van der Waals surface area contributed by atoms with Crippen LogP contribution in [0.3, 0.4) is 0 Å². The van der Waals surface area contributed by atoms with Gasteiger partial charge in [0.1, 0.15) is 5.78 Å². The number of rotatable bonds is 4. The van der Waals surface area contributed by atoms with Crippen molar-refractivity contribution in [1.82, 2.24) is 0 Å². The molecule has 0 radical (unpaired) electrons. The molecule has 0 aliphatic heterocycles. The fourth-order valence-corrected chi connectivity index (χ4v) is 2.42. The van der Waals surface area contributed by atoms with E-state index in [0.29, 0.717) is 18.4 Å². The van der Waals surface area contributed by atoms with Gasteiger partial charge in [-0.25, -0.2) is 0 Å². The summed E-state index contributed by atoms with van der Waals surface area (Å²) in [5.41, 5.74) is 0. The molecule has 0 spiro atoms. The van der Waals surface area contributed by atoms with Crippen LogP contribution in [-0.2, 0) is 19.1 Å². The molecule has 4 heteroatoms. The molecule has 1 aliphatic carbocycles. The van der Waals surface area contributed by atoms with E-state index < -0.39 is 0 Å². The summed E-state index contributed by atoms with van der Waals surface area (Å²) in [6.45, 7) is 6.01. The predicted molar refractivity (Wildman–Crippen MR) is 96.8 cm³/mol. The Morgan fingerprint density at radius 1 is 0.792 bits per heavy atom. The molecule has 0 saturated heterocycles. The molecule has 0 unspecified atom stereocenters. The van der Waals surface area contributed by atoms with Crippen LogP contribution in [0.15, 0.2) is 36.4 Å². The maximum atomic E-state index is 10.6. The van der Waals surface area contributed by atoms with Gasteiger partial charge < -0.3 is 14.3 Å². The van der Waals surface area contributed by atoms with Crippen molar-refractivity contribution >= 4 is 11.8 Å². The molecule has 0 atom stereocenters. The second-order valence-corrected chi connectivity index (χ2v) is 6.21. The summed E-state index contributed by atoms with van der Waals surface area (Å²) in [7, 11) is 1.75. The van der Waals surface area contributed by atoms with E-state index in [1.54, 1.807) is 7.11 Å². The van der Waals surface area contributed by atoms with Crippen LogP contribution in [0.2, 0.25) is 0 Å². The Morgan fingerprint density at radius 2 is 1.12 bits per heavy atom. The lowest BCUT2D eigenvalue weighted by atomic mass is 9.83. The maximum Gasteiger partial charge on any atom is 0.302 e. The van der Waals surface area contributed by atoms with Gasteiger partial charge in [0.05, 0.1) is 6.61 Å². The number of hydrogen-bond donors (Lipinski definition) is 0. The van der Waals surface area contributed by atoms with Crippen LogP contribution in [0.25, 0.3) is 0 Å². The Morgan fingerprint density at radius 3 is 1.42 bits per heavy atom. The quantitative estimate of drug-likeness (QED) is 0.770. The monoisotopic (exact) mass is 336 g/mol. The summed E-state index contributed by atoms with van der Waals surface area (Å²) in [6, 6.07) is 12.0. The average molecular weight is 336 g/mol. The van der Waals surface area contributed by atoms with E-state index >= 15 is 0 Å². The van der Waals surface area contributed by atoms with Crippen LogP contribution in [0.1, 0.15) is 46.5 Å². The van der Waals surface area contributed by atoms with E-state index in [0.717, 1.165) is 6.61 Å². The third-order valence-electron chi connectivity index (χ3n) is 3.56. The first-order valence-corrected chi connectivity index (χ1v) is 8.55. The van der Waals surface area contributed by atoms with Crippen molar-refractivity contribution < 1.29 is 19.1 Å². The molecular formula is C20H32O4. The lowest BCUT2D eigenvalue weighted by Gasteiger charge is -2.27. The average Bonchev–Trinajstić information content (AvgIpc) is 2.56.